The number of fused-ring (bicyclic) bond motifs is 1. The van der Waals surface area contributed by atoms with Crippen LogP contribution in [0.2, 0.25) is 0 Å². The van der Waals surface area contributed by atoms with E-state index in [0.29, 0.717) is 12.3 Å². The second-order valence-corrected chi connectivity index (χ2v) is 8.72. The van der Waals surface area contributed by atoms with Gasteiger partial charge in [-0.25, -0.2) is 0 Å². The second kappa shape index (κ2) is 7.98. The molecule has 0 radical (unpaired) electrons. The van der Waals surface area contributed by atoms with Crippen LogP contribution in [0.15, 0.2) is 60.8 Å². The first-order chi connectivity index (χ1) is 14.0. The summed E-state index contributed by atoms with van der Waals surface area (Å²) in [5.41, 5.74) is 4.85. The molecule has 0 N–H and O–H groups in total. The van der Waals surface area contributed by atoms with Gasteiger partial charge in [-0.2, -0.15) is 0 Å². The molecule has 0 aliphatic carbocycles. The largest absolute Gasteiger partial charge is 0.343 e. The highest BCUT2D eigenvalue weighted by Gasteiger charge is 2.34. The van der Waals surface area contributed by atoms with Crippen LogP contribution in [0.3, 0.4) is 0 Å². The first kappa shape index (κ1) is 19.6. The topological polar surface area (TPSA) is 33.2 Å². The Kier molecular flexibility index (Phi) is 5.40. The van der Waals surface area contributed by atoms with Gasteiger partial charge in [0.05, 0.1) is 5.52 Å². The fraction of sp³-hybridized carbons (Fsp3) is 0.385. The van der Waals surface area contributed by atoms with Crippen LogP contribution in [-0.4, -0.2) is 28.9 Å². The maximum atomic E-state index is 12.0. The first-order valence-corrected chi connectivity index (χ1v) is 10.7. The fourth-order valence-corrected chi connectivity index (χ4v) is 4.63. The molecule has 29 heavy (non-hydrogen) atoms. The number of carbonyl (C=O) groups is 1. The van der Waals surface area contributed by atoms with Gasteiger partial charge in [-0.05, 0) is 47.4 Å². The standard InChI is InChI=1S/C26H30N2O/c1-4-25(29)28-15-13-23(14-16-28)26(2,3)22-11-9-19(10-12-22)21-17-20-7-5-6-8-24(20)27-18-21/h5-12,17-18,23H,4,13-16H2,1-3H3. The minimum atomic E-state index is 0.0987. The van der Waals surface area contributed by atoms with Gasteiger partial charge in [0.2, 0.25) is 5.91 Å². The lowest BCUT2D eigenvalue weighted by Crippen LogP contribution is -2.43. The smallest absolute Gasteiger partial charge is 0.222 e. The Morgan fingerprint density at radius 3 is 2.41 bits per heavy atom. The van der Waals surface area contributed by atoms with Gasteiger partial charge in [0.25, 0.3) is 0 Å². The lowest BCUT2D eigenvalue weighted by atomic mass is 9.69. The Balaban J connectivity index is 1.51. The van der Waals surface area contributed by atoms with E-state index in [-0.39, 0.29) is 11.3 Å². The molecule has 0 atom stereocenters. The van der Waals surface area contributed by atoms with Crippen molar-refractivity contribution in [2.45, 2.75) is 45.4 Å². The predicted octanol–water partition coefficient (Wildman–Crippen LogP) is 5.83. The van der Waals surface area contributed by atoms with Crippen molar-refractivity contribution < 1.29 is 4.79 Å². The Labute approximate surface area is 173 Å². The average Bonchev–Trinajstić information content (AvgIpc) is 2.78. The lowest BCUT2D eigenvalue weighted by molar-refractivity contribution is -0.132. The molecule has 3 nitrogen and oxygen atoms in total. The highest BCUT2D eigenvalue weighted by Crippen LogP contribution is 2.39. The highest BCUT2D eigenvalue weighted by atomic mass is 16.2. The van der Waals surface area contributed by atoms with Gasteiger partial charge in [0.15, 0.2) is 0 Å². The minimum Gasteiger partial charge on any atom is -0.343 e. The number of amides is 1. The number of carbonyl (C=O) groups excluding carboxylic acids is 1. The van der Waals surface area contributed by atoms with Gasteiger partial charge in [0.1, 0.15) is 0 Å². The van der Waals surface area contributed by atoms with Crippen molar-refractivity contribution in [2.24, 2.45) is 5.92 Å². The number of piperidine rings is 1. The van der Waals surface area contributed by atoms with Crippen molar-refractivity contribution in [3.8, 4) is 11.1 Å². The average molecular weight is 387 g/mol. The van der Waals surface area contributed by atoms with Crippen molar-refractivity contribution in [3.63, 3.8) is 0 Å². The van der Waals surface area contributed by atoms with Gasteiger partial charge >= 0.3 is 0 Å². The maximum Gasteiger partial charge on any atom is 0.222 e. The number of rotatable bonds is 4. The summed E-state index contributed by atoms with van der Waals surface area (Å²) in [4.78, 5) is 18.6. The third-order valence-corrected chi connectivity index (χ3v) is 6.72. The zero-order valence-electron chi connectivity index (χ0n) is 17.7. The van der Waals surface area contributed by atoms with Crippen LogP contribution < -0.4 is 0 Å². The molecule has 2 aromatic carbocycles. The Hall–Kier alpha value is -2.68. The quantitative estimate of drug-likeness (QED) is 0.565. The summed E-state index contributed by atoms with van der Waals surface area (Å²) in [5.74, 6) is 0.881. The number of likely N-dealkylation sites (tertiary alicyclic amines) is 1. The Morgan fingerprint density at radius 2 is 1.72 bits per heavy atom. The molecule has 2 heterocycles. The van der Waals surface area contributed by atoms with E-state index in [0.717, 1.165) is 37.0 Å². The van der Waals surface area contributed by atoms with Crippen LogP contribution in [0.1, 0.15) is 45.6 Å². The summed E-state index contributed by atoms with van der Waals surface area (Å²) in [6, 6.07) is 19.4. The molecule has 1 saturated heterocycles. The number of pyridine rings is 1. The minimum absolute atomic E-state index is 0.0987. The van der Waals surface area contributed by atoms with Crippen molar-refractivity contribution in [1.82, 2.24) is 9.88 Å². The van der Waals surface area contributed by atoms with Crippen LogP contribution in [-0.2, 0) is 10.2 Å². The number of para-hydroxylation sites is 1. The van der Waals surface area contributed by atoms with Crippen LogP contribution in [0.4, 0.5) is 0 Å². The SMILES string of the molecule is CCC(=O)N1CCC(C(C)(C)c2ccc(-c3cnc4ccccc4c3)cc2)CC1. The third kappa shape index (κ3) is 3.91. The number of hydrogen-bond donors (Lipinski definition) is 0. The molecule has 3 heteroatoms. The number of aromatic nitrogens is 1. The van der Waals surface area contributed by atoms with Gasteiger partial charge < -0.3 is 4.90 Å². The van der Waals surface area contributed by atoms with Gasteiger partial charge in [-0.1, -0.05) is 63.2 Å². The van der Waals surface area contributed by atoms with Crippen molar-refractivity contribution in [1.29, 1.82) is 0 Å². The van der Waals surface area contributed by atoms with Gasteiger partial charge in [-0.15, -0.1) is 0 Å². The molecule has 1 aliphatic heterocycles. The van der Waals surface area contributed by atoms with E-state index in [1.165, 1.54) is 16.5 Å². The molecule has 3 aromatic rings. The number of hydrogen-bond acceptors (Lipinski definition) is 2. The molecule has 4 rings (SSSR count). The number of benzene rings is 2. The Bertz CT molecular complexity index is 999. The molecular formula is C26H30N2O. The van der Waals surface area contributed by atoms with Gasteiger partial charge in [-0.3, -0.25) is 9.78 Å². The van der Waals surface area contributed by atoms with E-state index in [9.17, 15) is 4.79 Å². The van der Waals surface area contributed by atoms with Crippen LogP contribution in [0.5, 0.6) is 0 Å². The Morgan fingerprint density at radius 1 is 1.03 bits per heavy atom. The zero-order valence-corrected chi connectivity index (χ0v) is 17.7. The maximum absolute atomic E-state index is 12.0. The van der Waals surface area contributed by atoms with Gasteiger partial charge in [0, 0.05) is 36.7 Å². The molecule has 0 unspecified atom stereocenters. The highest BCUT2D eigenvalue weighted by molar-refractivity contribution is 5.83. The van der Waals surface area contributed by atoms with Crippen LogP contribution in [0.25, 0.3) is 22.0 Å². The zero-order chi connectivity index (χ0) is 20.4. The van der Waals surface area contributed by atoms with Crippen molar-refractivity contribution in [3.05, 3.63) is 66.4 Å². The van der Waals surface area contributed by atoms with Crippen LogP contribution in [0, 0.1) is 5.92 Å². The molecule has 1 aliphatic rings. The predicted molar refractivity (Wildman–Crippen MR) is 120 cm³/mol. The molecular weight excluding hydrogens is 356 g/mol. The number of nitrogens with zero attached hydrogens (tertiary/aromatic N) is 2. The molecule has 0 saturated carbocycles. The van der Waals surface area contributed by atoms with E-state index in [1.807, 2.05) is 30.2 Å². The summed E-state index contributed by atoms with van der Waals surface area (Å²) in [6.07, 6.45) is 4.73. The molecule has 0 spiro atoms. The van der Waals surface area contributed by atoms with Crippen molar-refractivity contribution >= 4 is 16.8 Å². The monoisotopic (exact) mass is 386 g/mol. The normalized spacial score (nSPS) is 15.6. The fourth-order valence-electron chi connectivity index (χ4n) is 4.63. The molecule has 0 bridgehead atoms. The summed E-state index contributed by atoms with van der Waals surface area (Å²) < 4.78 is 0. The van der Waals surface area contributed by atoms with E-state index in [1.54, 1.807) is 0 Å². The van der Waals surface area contributed by atoms with Crippen LogP contribution >= 0.6 is 0 Å². The third-order valence-electron chi connectivity index (χ3n) is 6.72. The van der Waals surface area contributed by atoms with E-state index in [2.05, 4.69) is 61.3 Å². The summed E-state index contributed by atoms with van der Waals surface area (Å²) in [6.45, 7) is 8.43. The summed E-state index contributed by atoms with van der Waals surface area (Å²) >= 11 is 0. The summed E-state index contributed by atoms with van der Waals surface area (Å²) in [5, 5.41) is 1.17. The molecule has 1 amide bonds. The van der Waals surface area contributed by atoms with E-state index in [4.69, 9.17) is 0 Å². The van der Waals surface area contributed by atoms with E-state index >= 15 is 0 Å². The molecule has 150 valence electrons. The molecule has 1 aromatic heterocycles. The molecule has 1 fully saturated rings. The second-order valence-electron chi connectivity index (χ2n) is 8.72. The van der Waals surface area contributed by atoms with E-state index < -0.39 is 0 Å². The van der Waals surface area contributed by atoms with Crippen molar-refractivity contribution in [2.75, 3.05) is 13.1 Å². The first-order valence-electron chi connectivity index (χ1n) is 10.7. The summed E-state index contributed by atoms with van der Waals surface area (Å²) in [7, 11) is 0. The lowest BCUT2D eigenvalue weighted by Gasteiger charge is -2.41.